The molecule has 0 amide bonds. The van der Waals surface area contributed by atoms with Crippen LogP contribution in [0.25, 0.3) is 42.6 Å². The van der Waals surface area contributed by atoms with Crippen LogP contribution in [0.15, 0.2) is 89.4 Å². The summed E-state index contributed by atoms with van der Waals surface area (Å²) in [6.45, 7) is 21.1. The lowest BCUT2D eigenvalue weighted by atomic mass is 9.77. The van der Waals surface area contributed by atoms with E-state index in [1.807, 2.05) is 52.9 Å². The Labute approximate surface area is 661 Å². The van der Waals surface area contributed by atoms with Crippen LogP contribution in [-0.2, 0) is 114 Å². The molecule has 3 fully saturated rings. The minimum atomic E-state index is -5.05. The molecule has 5 aliphatic rings. The maximum atomic E-state index is 15.3. The van der Waals surface area contributed by atoms with Gasteiger partial charge in [0.2, 0.25) is 0 Å². The summed E-state index contributed by atoms with van der Waals surface area (Å²) in [4.78, 5) is 42.2. The molecule has 1 aliphatic heterocycles. The van der Waals surface area contributed by atoms with Crippen LogP contribution in [0.2, 0.25) is 0 Å². The molecule has 6 atom stereocenters. The van der Waals surface area contributed by atoms with Gasteiger partial charge in [-0.1, -0.05) is 49.5 Å². The Morgan fingerprint density at radius 1 is 0.595 bits per heavy atom. The molecule has 610 valence electrons. The van der Waals surface area contributed by atoms with Crippen LogP contribution in [0.4, 0.5) is 84.5 Å². The zero-order valence-electron chi connectivity index (χ0n) is 62.5. The van der Waals surface area contributed by atoms with Crippen molar-refractivity contribution < 1.29 is 97.2 Å². The van der Waals surface area contributed by atoms with Gasteiger partial charge in [-0.25, -0.2) is 34.4 Å². The van der Waals surface area contributed by atoms with E-state index in [0.29, 0.717) is 43.7 Å². The third-order valence-corrected chi connectivity index (χ3v) is 23.6. The fourth-order valence-corrected chi connectivity index (χ4v) is 17.8. The zero-order valence-corrected chi connectivity index (χ0v) is 65.7. The van der Waals surface area contributed by atoms with E-state index in [-0.39, 0.29) is 92.7 Å². The van der Waals surface area contributed by atoms with Gasteiger partial charge >= 0.3 is 19.5 Å². The van der Waals surface area contributed by atoms with Crippen LogP contribution in [0.3, 0.4) is 0 Å². The van der Waals surface area contributed by atoms with Crippen molar-refractivity contribution in [1.82, 2.24) is 49.1 Å². The number of sulfone groups is 2. The molecule has 116 heavy (non-hydrogen) atoms. The van der Waals surface area contributed by atoms with Gasteiger partial charge in [-0.2, -0.15) is 64.3 Å². The smallest absolute Gasteiger partial charge is 0.406 e. The number of aromatic nitrogens is 10. The fourth-order valence-electron chi connectivity index (χ4n) is 15.7. The number of para-hydroxylation sites is 2. The molecule has 7 heterocycles. The number of halogens is 15. The van der Waals surface area contributed by atoms with Gasteiger partial charge in [-0.15, -0.1) is 9.97 Å². The summed E-state index contributed by atoms with van der Waals surface area (Å²) < 4.78 is 264. The van der Waals surface area contributed by atoms with E-state index in [2.05, 4.69) is 56.0 Å². The van der Waals surface area contributed by atoms with Crippen LogP contribution < -0.4 is 16.9 Å². The second kappa shape index (κ2) is 29.8. The number of carbonyl (C=O) groups is 2. The van der Waals surface area contributed by atoms with Crippen molar-refractivity contribution in [2.75, 3.05) is 24.0 Å². The number of hydrogen-bond donors (Lipinski definition) is 2. The molecule has 4 aromatic carbocycles. The molecule has 0 radical (unpaired) electrons. The van der Waals surface area contributed by atoms with E-state index in [1.165, 1.54) is 23.1 Å². The summed E-state index contributed by atoms with van der Waals surface area (Å²) in [5.41, 5.74) is 8.96. The van der Waals surface area contributed by atoms with E-state index < -0.39 is 198 Å². The van der Waals surface area contributed by atoms with Crippen molar-refractivity contribution in [3.8, 4) is 11.1 Å². The van der Waals surface area contributed by atoms with Gasteiger partial charge in [-0.05, 0) is 129 Å². The number of benzene rings is 4. The monoisotopic (exact) mass is 1720 g/mol. The lowest BCUT2D eigenvalue weighted by Gasteiger charge is -2.32. The maximum Gasteiger partial charge on any atom is 0.497 e. The highest BCUT2D eigenvalue weighted by Gasteiger charge is 2.70. The van der Waals surface area contributed by atoms with Crippen LogP contribution in [0.1, 0.15) is 145 Å². The van der Waals surface area contributed by atoms with Gasteiger partial charge in [0.05, 0.1) is 61.0 Å². The molecular weight excluding hydrogens is 1660 g/mol. The number of aryl methyl sites for hydroxylation is 2. The molecule has 1 saturated heterocycles. The number of carbonyl (C=O) groups excluding carboxylic acids is 2. The molecule has 4 aliphatic carbocycles. The van der Waals surface area contributed by atoms with Crippen LogP contribution >= 0.6 is 15.9 Å². The number of nitrogens with two attached hydrogens (primary N) is 2. The molecule has 40 heteroatoms. The molecule has 10 aromatic rings. The van der Waals surface area contributed by atoms with Gasteiger partial charge < -0.3 is 30.5 Å². The van der Waals surface area contributed by atoms with Crippen molar-refractivity contribution in [2.24, 2.45) is 25.9 Å². The van der Waals surface area contributed by atoms with Gasteiger partial charge in [0, 0.05) is 114 Å². The Hall–Kier alpha value is -10.2. The number of nitrogens with zero attached hydrogens (tertiary/aromatic N) is 12. The molecule has 22 nitrogen and oxygen atoms in total. The predicted molar refractivity (Wildman–Crippen MR) is 400 cm³/mol. The van der Waals surface area contributed by atoms with E-state index in [4.69, 9.17) is 33.9 Å². The number of fused-ring (bicyclic) bond motifs is 8. The zero-order chi connectivity index (χ0) is 84.7. The van der Waals surface area contributed by atoms with Crippen molar-refractivity contribution >= 4 is 105 Å². The standard InChI is InChI=1S/C35H28F7N7O3S.C25H17BrF7N5O.C16H23BN2O4S/c1-44-33-26(43)13-23(21-5-4-6-22-27(15-53(3,51)52)46-48(2)30(21)22)29(45-33)17(7-16-8-18(36)11-19(37)9-16)10-20(50)14-49-32-28(31(47-49)35(40,41)42)24-12-25(24)34(32,38)39;1-35-23-18(34)8-17(26)20(36-23)11(2-10-3-12(27)6-13(28)4-10)5-14(39)9-38-22-19(21(37-38)25(31,32)33)15-7-16(15)24(22,29)30;1-15(2)16(3,4)23-17(22-15)12-9-7-8-11-13(10-24(6,20)21)18-19(5)14(11)12/h4-6,8-9,11,13,17,24-25H,7,10,12,14-15,43H2,2-3H3;3-4,6,8,11,15-16H,2,5,7,9,34H2;7-9H,10H2,1-6H3/t17-,24+,25-;11-,15+,16-;/m11./s1. The number of alkyl halides is 10. The normalized spacial score (nSPS) is 19.1. The SMILES string of the molecule is Cn1nc(CS(C)(=O)=O)c2cccc(B3OC(C)(C)C(C)(C)O3)c21.[C-]#[N+]c1nc([C@@H](CC(=O)Cn2nc(C(F)(F)F)c3c2C(F)(F)[C@@H]2C[C@H]32)Cc2cc(F)cc(F)c2)c(-c2cccc3c(CS(C)(=O)=O)nn(C)c23)cc1N.[C-]#[N+]c1nc([C@@H](CC(=O)Cn2nc(C(F)(F)F)c3c2C(F)(F)[C@@H]2C[C@H]32)Cc2cc(F)cc(F)c2)c(Br)cc1N. The van der Waals surface area contributed by atoms with Gasteiger partial charge in [0.25, 0.3) is 23.5 Å². The molecule has 6 aromatic heterocycles. The van der Waals surface area contributed by atoms with E-state index in [1.54, 1.807) is 29.9 Å². The lowest BCUT2D eigenvalue weighted by Crippen LogP contribution is -2.41. The van der Waals surface area contributed by atoms with Crippen molar-refractivity contribution in [3.05, 3.63) is 203 Å². The van der Waals surface area contributed by atoms with Crippen molar-refractivity contribution in [3.63, 3.8) is 0 Å². The topological polar surface area (TPSA) is 279 Å². The van der Waals surface area contributed by atoms with Gasteiger partial charge in [0.1, 0.15) is 59.1 Å². The third-order valence-electron chi connectivity index (χ3n) is 21.4. The summed E-state index contributed by atoms with van der Waals surface area (Å²) in [7, 11) is -3.83. The third kappa shape index (κ3) is 16.4. The summed E-state index contributed by atoms with van der Waals surface area (Å²) >= 11 is 3.26. The van der Waals surface area contributed by atoms with Gasteiger partial charge in [0.15, 0.2) is 42.6 Å². The Morgan fingerprint density at radius 2 is 0.991 bits per heavy atom. The molecular formula is C76H68BBrF14N14O8S2. The first kappa shape index (κ1) is 83.8. The number of pyridine rings is 2. The number of Topliss-reactive ketones (excluding diaryl/α,β-unsaturated/α-hetero) is 2. The first-order chi connectivity index (χ1) is 53.9. The first-order valence-electron chi connectivity index (χ1n) is 35.6. The molecule has 2 saturated carbocycles. The van der Waals surface area contributed by atoms with E-state index >= 15 is 8.78 Å². The lowest BCUT2D eigenvalue weighted by molar-refractivity contribution is -0.143. The number of nitrogen functional groups attached to an aromatic ring is 2. The molecule has 0 unspecified atom stereocenters. The minimum Gasteiger partial charge on any atom is -0.406 e. The maximum absolute atomic E-state index is 15.3. The van der Waals surface area contributed by atoms with Gasteiger partial charge in [-0.3, -0.25) is 28.3 Å². The number of anilines is 2. The summed E-state index contributed by atoms with van der Waals surface area (Å²) in [5, 5.41) is 16.9. The second-order valence-electron chi connectivity index (χ2n) is 30.7. The van der Waals surface area contributed by atoms with E-state index in [9.17, 15) is 79.1 Å². The first-order valence-corrected chi connectivity index (χ1v) is 40.5. The molecule has 4 N–H and O–H groups in total. The summed E-state index contributed by atoms with van der Waals surface area (Å²) in [6.07, 6.45) is -9.54. The van der Waals surface area contributed by atoms with Crippen molar-refractivity contribution in [1.29, 1.82) is 0 Å². The van der Waals surface area contributed by atoms with Crippen LogP contribution in [0, 0.1) is 48.2 Å². The Bertz CT molecular complexity index is 6000. The fraction of sp³-hybridized carbons (Fsp3) is 0.395. The molecule has 0 spiro atoms. The Morgan fingerprint density at radius 3 is 1.41 bits per heavy atom. The Balaban J connectivity index is 0.000000163. The number of rotatable bonds is 20. The summed E-state index contributed by atoms with van der Waals surface area (Å²) in [6, 6.07) is 18.7. The predicted octanol–water partition coefficient (Wildman–Crippen LogP) is 15.1. The quantitative estimate of drug-likeness (QED) is 0.0407. The number of ketones is 2. The molecule has 0 bridgehead atoms. The highest BCUT2D eigenvalue weighted by Crippen LogP contribution is 2.70. The highest BCUT2D eigenvalue weighted by atomic mass is 79.9. The Kier molecular flexibility index (Phi) is 21.5. The largest absolute Gasteiger partial charge is 0.497 e. The molecule has 15 rings (SSSR count). The minimum absolute atomic E-state index is 0.0230. The average Bonchev–Trinajstić information content (AvgIpc) is 1.52. The van der Waals surface area contributed by atoms with Crippen LogP contribution in [-0.4, -0.2) is 108 Å². The van der Waals surface area contributed by atoms with Crippen LogP contribution in [0.5, 0.6) is 0 Å². The second-order valence-corrected chi connectivity index (χ2v) is 35.8. The van der Waals surface area contributed by atoms with E-state index in [0.717, 1.165) is 46.9 Å². The summed E-state index contributed by atoms with van der Waals surface area (Å²) in [5.74, 6) is -20.1. The average molecular weight is 1730 g/mol. The number of hydrogen-bond acceptors (Lipinski definition) is 16. The highest BCUT2D eigenvalue weighted by molar-refractivity contribution is 9.10. The van der Waals surface area contributed by atoms with Crippen molar-refractivity contribution in [2.45, 2.75) is 150 Å².